The minimum Gasteiger partial charge on any atom is -0.309 e. The molecule has 0 spiro atoms. The molecule has 1 amide bonds. The molecule has 3 aromatic heterocycles. The van der Waals surface area contributed by atoms with Gasteiger partial charge < -0.3 is 5.32 Å². The van der Waals surface area contributed by atoms with Crippen molar-refractivity contribution in [3.05, 3.63) is 47.4 Å². The number of hydrogen-bond donors (Lipinski definition) is 1. The molecule has 0 saturated heterocycles. The van der Waals surface area contributed by atoms with Crippen molar-refractivity contribution in [2.45, 2.75) is 39.2 Å². The molecule has 3 aromatic rings. The minimum atomic E-state index is -0.156. The maximum absolute atomic E-state index is 12.3. The summed E-state index contributed by atoms with van der Waals surface area (Å²) in [5.74, 6) is 1.02. The van der Waals surface area contributed by atoms with Gasteiger partial charge in [0.25, 0.3) is 0 Å². The average molecular weight is 321 g/mol. The summed E-state index contributed by atoms with van der Waals surface area (Å²) in [7, 11) is 0. The number of rotatable bonds is 4. The van der Waals surface area contributed by atoms with Crippen LogP contribution >= 0.6 is 0 Å². The predicted octanol–water partition coefficient (Wildman–Crippen LogP) is 2.96. The first kappa shape index (κ1) is 14.8. The van der Waals surface area contributed by atoms with E-state index in [-0.39, 0.29) is 12.5 Å². The Morgan fingerprint density at radius 1 is 1.25 bits per heavy atom. The van der Waals surface area contributed by atoms with Crippen LogP contribution in [0.25, 0.3) is 11.0 Å². The molecule has 4 rings (SSSR count). The standard InChI is InChI=1S/C18H19N5O/c1-11-5-7-19-15(9-11)21-16(24)10-23-18-17(12(2)22-23)14(6-8-20-18)13-3-4-13/h5-9,13H,3-4,10H2,1-2H3,(H,19,21,24). The third-order valence-electron chi connectivity index (χ3n) is 4.33. The molecule has 1 N–H and O–H groups in total. The molecule has 1 aliphatic rings. The second-order valence-electron chi connectivity index (χ2n) is 6.38. The summed E-state index contributed by atoms with van der Waals surface area (Å²) in [6, 6.07) is 5.81. The van der Waals surface area contributed by atoms with Crippen LogP contribution in [0.5, 0.6) is 0 Å². The van der Waals surface area contributed by atoms with Gasteiger partial charge in [0.15, 0.2) is 5.65 Å². The van der Waals surface area contributed by atoms with E-state index in [0.29, 0.717) is 11.7 Å². The monoisotopic (exact) mass is 321 g/mol. The highest BCUT2D eigenvalue weighted by Crippen LogP contribution is 2.43. The first-order valence-electron chi connectivity index (χ1n) is 8.16. The highest BCUT2D eigenvalue weighted by atomic mass is 16.2. The van der Waals surface area contributed by atoms with Crippen molar-refractivity contribution in [3.63, 3.8) is 0 Å². The van der Waals surface area contributed by atoms with Crippen LogP contribution in [0.1, 0.15) is 35.6 Å². The Kier molecular flexibility index (Phi) is 3.52. The Bertz CT molecular complexity index is 926. The van der Waals surface area contributed by atoms with E-state index in [4.69, 9.17) is 0 Å². The number of pyridine rings is 2. The van der Waals surface area contributed by atoms with Crippen molar-refractivity contribution in [2.75, 3.05) is 5.32 Å². The summed E-state index contributed by atoms with van der Waals surface area (Å²) in [5, 5.41) is 8.45. The van der Waals surface area contributed by atoms with Crippen LogP contribution in [-0.2, 0) is 11.3 Å². The molecule has 0 aliphatic heterocycles. The Morgan fingerprint density at radius 3 is 2.79 bits per heavy atom. The third-order valence-corrected chi connectivity index (χ3v) is 4.33. The minimum absolute atomic E-state index is 0.126. The van der Waals surface area contributed by atoms with Crippen molar-refractivity contribution in [1.82, 2.24) is 19.7 Å². The molecule has 1 fully saturated rings. The molecule has 1 aliphatic carbocycles. The lowest BCUT2D eigenvalue weighted by Gasteiger charge is -2.06. The topological polar surface area (TPSA) is 72.7 Å². The molecule has 0 bridgehead atoms. The van der Waals surface area contributed by atoms with Gasteiger partial charge in [-0.25, -0.2) is 14.6 Å². The molecule has 3 heterocycles. The van der Waals surface area contributed by atoms with Gasteiger partial charge in [-0.15, -0.1) is 0 Å². The Balaban J connectivity index is 1.60. The number of aryl methyl sites for hydroxylation is 2. The van der Waals surface area contributed by atoms with Crippen LogP contribution in [0.4, 0.5) is 5.82 Å². The summed E-state index contributed by atoms with van der Waals surface area (Å²) in [4.78, 5) is 20.9. The van der Waals surface area contributed by atoms with Gasteiger partial charge in [0.2, 0.25) is 5.91 Å². The van der Waals surface area contributed by atoms with E-state index in [1.165, 1.54) is 18.4 Å². The van der Waals surface area contributed by atoms with Crippen molar-refractivity contribution in [1.29, 1.82) is 0 Å². The van der Waals surface area contributed by atoms with Crippen molar-refractivity contribution in [3.8, 4) is 0 Å². The number of fused-ring (bicyclic) bond motifs is 1. The highest BCUT2D eigenvalue weighted by Gasteiger charge is 2.27. The fourth-order valence-corrected chi connectivity index (χ4v) is 3.08. The quantitative estimate of drug-likeness (QED) is 0.802. The van der Waals surface area contributed by atoms with Gasteiger partial charge in [-0.05, 0) is 61.9 Å². The summed E-state index contributed by atoms with van der Waals surface area (Å²) < 4.78 is 1.68. The summed E-state index contributed by atoms with van der Waals surface area (Å²) in [6.07, 6.45) is 5.95. The van der Waals surface area contributed by atoms with E-state index in [9.17, 15) is 4.79 Å². The lowest BCUT2D eigenvalue weighted by atomic mass is 10.1. The highest BCUT2D eigenvalue weighted by molar-refractivity contribution is 5.91. The zero-order valence-electron chi connectivity index (χ0n) is 13.8. The zero-order chi connectivity index (χ0) is 16.7. The summed E-state index contributed by atoms with van der Waals surface area (Å²) in [5.41, 5.74) is 4.08. The molecule has 6 heteroatoms. The van der Waals surface area contributed by atoms with E-state index < -0.39 is 0 Å². The number of carbonyl (C=O) groups excluding carboxylic acids is 1. The first-order valence-corrected chi connectivity index (χ1v) is 8.16. The average Bonchev–Trinajstić information content (AvgIpc) is 3.33. The molecule has 0 unspecified atom stereocenters. The van der Waals surface area contributed by atoms with E-state index in [2.05, 4.69) is 26.4 Å². The number of aromatic nitrogens is 4. The van der Waals surface area contributed by atoms with Gasteiger partial charge in [-0.2, -0.15) is 5.10 Å². The molecule has 6 nitrogen and oxygen atoms in total. The Hall–Kier alpha value is -2.76. The fraction of sp³-hybridized carbons (Fsp3) is 0.333. The largest absolute Gasteiger partial charge is 0.309 e. The number of nitrogens with zero attached hydrogens (tertiary/aromatic N) is 4. The Morgan fingerprint density at radius 2 is 2.04 bits per heavy atom. The summed E-state index contributed by atoms with van der Waals surface area (Å²) in [6.45, 7) is 4.07. The SMILES string of the molecule is Cc1ccnc(NC(=O)Cn2nc(C)c3c(C4CC4)ccnc32)c1. The predicted molar refractivity (Wildman–Crippen MR) is 91.8 cm³/mol. The van der Waals surface area contributed by atoms with Crippen molar-refractivity contribution in [2.24, 2.45) is 0 Å². The molecule has 0 atom stereocenters. The van der Waals surface area contributed by atoms with Crippen molar-refractivity contribution >= 4 is 22.8 Å². The third kappa shape index (κ3) is 2.75. The van der Waals surface area contributed by atoms with E-state index in [1.54, 1.807) is 10.9 Å². The van der Waals surface area contributed by atoms with Crippen LogP contribution < -0.4 is 5.32 Å². The molecule has 1 saturated carbocycles. The van der Waals surface area contributed by atoms with Crippen molar-refractivity contribution < 1.29 is 4.79 Å². The molecule has 0 aromatic carbocycles. The number of amides is 1. The van der Waals surface area contributed by atoms with Crippen LogP contribution in [0.2, 0.25) is 0 Å². The maximum atomic E-state index is 12.3. The van der Waals surface area contributed by atoms with Gasteiger partial charge in [-0.3, -0.25) is 4.79 Å². The van der Waals surface area contributed by atoms with Gasteiger partial charge in [0, 0.05) is 17.8 Å². The van der Waals surface area contributed by atoms with E-state index in [1.807, 2.05) is 32.2 Å². The van der Waals surface area contributed by atoms with Crippen LogP contribution in [-0.4, -0.2) is 25.7 Å². The van der Waals surface area contributed by atoms with Crippen LogP contribution in [0, 0.1) is 13.8 Å². The lowest BCUT2D eigenvalue weighted by molar-refractivity contribution is -0.116. The van der Waals surface area contributed by atoms with Gasteiger partial charge in [0.1, 0.15) is 12.4 Å². The second kappa shape index (κ2) is 5.70. The normalized spacial score (nSPS) is 14.1. The molecule has 24 heavy (non-hydrogen) atoms. The smallest absolute Gasteiger partial charge is 0.247 e. The van der Waals surface area contributed by atoms with E-state index in [0.717, 1.165) is 22.3 Å². The molecular weight excluding hydrogens is 302 g/mol. The van der Waals surface area contributed by atoms with Gasteiger partial charge in [-0.1, -0.05) is 0 Å². The number of hydrogen-bond acceptors (Lipinski definition) is 4. The van der Waals surface area contributed by atoms with E-state index >= 15 is 0 Å². The fourth-order valence-electron chi connectivity index (χ4n) is 3.08. The molecular formula is C18H19N5O. The van der Waals surface area contributed by atoms with Gasteiger partial charge in [0.05, 0.1) is 5.69 Å². The first-order chi connectivity index (χ1) is 11.6. The Labute approximate surface area is 139 Å². The number of carbonyl (C=O) groups is 1. The maximum Gasteiger partial charge on any atom is 0.247 e. The number of anilines is 1. The molecule has 122 valence electrons. The molecule has 0 radical (unpaired) electrons. The number of nitrogens with one attached hydrogen (secondary N) is 1. The lowest BCUT2D eigenvalue weighted by Crippen LogP contribution is -2.20. The summed E-state index contributed by atoms with van der Waals surface area (Å²) >= 11 is 0. The van der Waals surface area contributed by atoms with Crippen LogP contribution in [0.3, 0.4) is 0 Å². The zero-order valence-corrected chi connectivity index (χ0v) is 13.8. The second-order valence-corrected chi connectivity index (χ2v) is 6.38. The van der Waals surface area contributed by atoms with Gasteiger partial charge >= 0.3 is 0 Å². The van der Waals surface area contributed by atoms with Crippen LogP contribution in [0.15, 0.2) is 30.6 Å².